The summed E-state index contributed by atoms with van der Waals surface area (Å²) in [6.45, 7) is -2.58. The maximum atomic E-state index is 12.0. The monoisotopic (exact) mass is 272 g/mol. The van der Waals surface area contributed by atoms with E-state index in [-0.39, 0.29) is 26.2 Å². The number of carbonyl (C=O) groups is 2. The van der Waals surface area contributed by atoms with Crippen LogP contribution in [0.5, 0.6) is 0 Å². The van der Waals surface area contributed by atoms with Gasteiger partial charge in [0.1, 0.15) is 0 Å². The molecule has 0 N–H and O–H groups in total. The number of piperazine rings is 1. The minimum atomic E-state index is -4.91. The summed E-state index contributed by atoms with van der Waals surface area (Å²) < 4.78 is 51.2. The van der Waals surface area contributed by atoms with Gasteiger partial charge in [-0.2, -0.15) is 13.2 Å². The highest BCUT2D eigenvalue weighted by atomic mass is 19.4. The van der Waals surface area contributed by atoms with Gasteiger partial charge in [-0.15, -0.1) is 0 Å². The first-order valence-electron chi connectivity index (χ1n) is 5.61. The van der Waals surface area contributed by atoms with Crippen LogP contribution in [0.2, 0.25) is 0 Å². The van der Waals surface area contributed by atoms with Crippen LogP contribution in [0.1, 0.15) is 1.37 Å². The van der Waals surface area contributed by atoms with E-state index >= 15 is 0 Å². The van der Waals surface area contributed by atoms with Gasteiger partial charge in [-0.1, -0.05) is 0 Å². The Hall–Kier alpha value is -1.67. The third-order valence-corrected chi connectivity index (χ3v) is 2.26. The van der Waals surface area contributed by atoms with E-state index < -0.39 is 24.9 Å². The number of carbonyl (C=O) groups excluding carboxylic acids is 2. The van der Waals surface area contributed by atoms with Crippen LogP contribution in [-0.4, -0.2) is 68.0 Å². The molecule has 6 nitrogen and oxygen atoms in total. The zero-order valence-corrected chi connectivity index (χ0v) is 9.57. The minimum Gasteiger partial charge on any atom is -0.453 e. The molecule has 0 aromatic carbocycles. The number of methoxy groups -OCH3 is 1. The van der Waals surface area contributed by atoms with Crippen molar-refractivity contribution in [2.45, 2.75) is 6.18 Å². The highest BCUT2D eigenvalue weighted by Gasteiger charge is 2.32. The van der Waals surface area contributed by atoms with Crippen molar-refractivity contribution in [2.24, 2.45) is 0 Å². The molecular weight excluding hydrogens is 257 g/mol. The first-order chi connectivity index (χ1) is 8.75. The van der Waals surface area contributed by atoms with Crippen molar-refractivity contribution in [2.75, 3.05) is 39.9 Å². The molecule has 0 saturated carbocycles. The second kappa shape index (κ2) is 5.78. The normalized spacial score (nSPS) is 19.0. The van der Waals surface area contributed by atoms with Crippen LogP contribution in [0.3, 0.4) is 0 Å². The van der Waals surface area contributed by atoms with Crippen molar-refractivity contribution in [1.82, 2.24) is 9.80 Å². The number of amides is 2. The molecule has 0 radical (unpaired) electrons. The number of rotatable bonds is 1. The van der Waals surface area contributed by atoms with E-state index in [0.29, 0.717) is 0 Å². The third-order valence-electron chi connectivity index (χ3n) is 2.26. The highest BCUT2D eigenvalue weighted by Crippen LogP contribution is 2.15. The standard InChI is InChI=1S/C9H13F3N2O4/c1-17-7(15)13-2-4-14(5-3-13)8(16)18-6-9(10,11)12/h2-6H2,1H3/i6T. The maximum Gasteiger partial charge on any atom is 0.422 e. The molecule has 1 atom stereocenters. The second-order valence-corrected chi connectivity index (χ2v) is 3.49. The second-order valence-electron chi connectivity index (χ2n) is 3.49. The predicted molar refractivity (Wildman–Crippen MR) is 53.0 cm³/mol. The molecule has 9 heteroatoms. The van der Waals surface area contributed by atoms with Gasteiger partial charge in [0, 0.05) is 26.2 Å². The van der Waals surface area contributed by atoms with Crippen molar-refractivity contribution < 1.29 is 33.6 Å². The van der Waals surface area contributed by atoms with Crippen LogP contribution < -0.4 is 0 Å². The molecular formula is C9H13F3N2O4. The van der Waals surface area contributed by atoms with Gasteiger partial charge in [0.05, 0.1) is 8.48 Å². The van der Waals surface area contributed by atoms with E-state index in [1.54, 1.807) is 0 Å². The van der Waals surface area contributed by atoms with Gasteiger partial charge in [0.25, 0.3) is 0 Å². The predicted octanol–water partition coefficient (Wildman–Crippen LogP) is 1.07. The molecule has 1 aliphatic rings. The summed E-state index contributed by atoms with van der Waals surface area (Å²) in [5.74, 6) is 0. The fraction of sp³-hybridized carbons (Fsp3) is 0.778. The first kappa shape index (κ1) is 12.8. The van der Waals surface area contributed by atoms with Crippen LogP contribution in [0.4, 0.5) is 22.8 Å². The van der Waals surface area contributed by atoms with E-state index in [1.165, 1.54) is 12.0 Å². The maximum absolute atomic E-state index is 12.0. The van der Waals surface area contributed by atoms with Crippen molar-refractivity contribution in [1.29, 1.82) is 0 Å². The Labute approximate surface area is 103 Å². The zero-order valence-electron chi connectivity index (χ0n) is 10.6. The summed E-state index contributed by atoms with van der Waals surface area (Å²) in [6.07, 6.45) is -6.70. The van der Waals surface area contributed by atoms with Gasteiger partial charge in [0.2, 0.25) is 0 Å². The highest BCUT2D eigenvalue weighted by molar-refractivity contribution is 5.70. The first-order valence-corrected chi connectivity index (χ1v) is 5.03. The Bertz CT molecular complexity index is 345. The molecule has 1 aliphatic heterocycles. The van der Waals surface area contributed by atoms with E-state index in [0.717, 1.165) is 4.90 Å². The number of hydrogen-bond donors (Lipinski definition) is 0. The molecule has 1 heterocycles. The summed E-state index contributed by atoms with van der Waals surface area (Å²) >= 11 is 0. The quantitative estimate of drug-likeness (QED) is 0.716. The van der Waals surface area contributed by atoms with Crippen LogP contribution in [-0.2, 0) is 9.47 Å². The summed E-state index contributed by atoms with van der Waals surface area (Å²) in [6, 6.07) is 0. The summed E-state index contributed by atoms with van der Waals surface area (Å²) in [4.78, 5) is 24.8. The van der Waals surface area contributed by atoms with Gasteiger partial charge in [-0.05, 0) is 0 Å². The average molecular weight is 272 g/mol. The molecule has 0 aliphatic carbocycles. The van der Waals surface area contributed by atoms with Gasteiger partial charge in [-0.25, -0.2) is 9.59 Å². The number of halogens is 3. The topological polar surface area (TPSA) is 59.1 Å². The van der Waals surface area contributed by atoms with E-state index in [2.05, 4.69) is 9.47 Å². The Balaban J connectivity index is 2.43. The molecule has 18 heavy (non-hydrogen) atoms. The Morgan fingerprint density at radius 1 is 1.17 bits per heavy atom. The number of hydrogen-bond acceptors (Lipinski definition) is 4. The SMILES string of the molecule is [3H]C(OC(=O)N1CCN(C(=O)OC)CC1)C(F)(F)F. The fourth-order valence-corrected chi connectivity index (χ4v) is 1.39. The molecule has 0 aromatic rings. The van der Waals surface area contributed by atoms with Crippen LogP contribution in [0.15, 0.2) is 0 Å². The Morgan fingerprint density at radius 3 is 2.00 bits per heavy atom. The summed E-state index contributed by atoms with van der Waals surface area (Å²) in [5.41, 5.74) is 0. The van der Waals surface area contributed by atoms with Crippen LogP contribution >= 0.6 is 0 Å². The van der Waals surface area contributed by atoms with E-state index in [9.17, 15) is 22.8 Å². The van der Waals surface area contributed by atoms with Gasteiger partial charge < -0.3 is 19.3 Å². The molecule has 104 valence electrons. The zero-order chi connectivity index (χ0) is 14.6. The van der Waals surface area contributed by atoms with Crippen LogP contribution in [0, 0.1) is 0 Å². The molecule has 0 aromatic heterocycles. The van der Waals surface area contributed by atoms with Crippen molar-refractivity contribution in [3.63, 3.8) is 0 Å². The molecule has 0 spiro atoms. The van der Waals surface area contributed by atoms with E-state index in [1.807, 2.05) is 0 Å². The number of nitrogens with zero attached hydrogens (tertiary/aromatic N) is 2. The number of ether oxygens (including phenoxy) is 2. The fourth-order valence-electron chi connectivity index (χ4n) is 1.39. The Morgan fingerprint density at radius 2 is 1.61 bits per heavy atom. The van der Waals surface area contributed by atoms with Gasteiger partial charge in [0.15, 0.2) is 6.58 Å². The Kier molecular flexibility index (Phi) is 4.11. The molecule has 1 rings (SSSR count). The lowest BCUT2D eigenvalue weighted by atomic mass is 10.3. The summed E-state index contributed by atoms with van der Waals surface area (Å²) in [7, 11) is 1.21. The molecule has 2 amide bonds. The van der Waals surface area contributed by atoms with Crippen LogP contribution in [0.25, 0.3) is 0 Å². The van der Waals surface area contributed by atoms with Crippen molar-refractivity contribution in [3.8, 4) is 0 Å². The molecule has 1 saturated heterocycles. The lowest BCUT2D eigenvalue weighted by molar-refractivity contribution is -0.162. The smallest absolute Gasteiger partial charge is 0.422 e. The van der Waals surface area contributed by atoms with Crippen molar-refractivity contribution >= 4 is 12.2 Å². The minimum absolute atomic E-state index is 0.0263. The lowest BCUT2D eigenvalue weighted by Crippen LogP contribution is -2.51. The van der Waals surface area contributed by atoms with E-state index in [4.69, 9.17) is 1.37 Å². The third kappa shape index (κ3) is 4.30. The molecule has 1 fully saturated rings. The summed E-state index contributed by atoms with van der Waals surface area (Å²) in [5, 5.41) is 0. The average Bonchev–Trinajstić information content (AvgIpc) is 2.36. The molecule has 1 unspecified atom stereocenters. The van der Waals surface area contributed by atoms with Gasteiger partial charge >= 0.3 is 18.4 Å². The lowest BCUT2D eigenvalue weighted by Gasteiger charge is -2.33. The van der Waals surface area contributed by atoms with Crippen molar-refractivity contribution in [3.05, 3.63) is 0 Å². The number of alkyl halides is 3. The largest absolute Gasteiger partial charge is 0.453 e. The molecule has 0 bridgehead atoms. The van der Waals surface area contributed by atoms with Gasteiger partial charge in [-0.3, -0.25) is 0 Å².